The van der Waals surface area contributed by atoms with Crippen LogP contribution in [0.4, 0.5) is 11.4 Å². The number of nitrogen functional groups attached to an aromatic ring is 1. The minimum Gasteiger partial charge on any atom is -0.482 e. The zero-order valence-corrected chi connectivity index (χ0v) is 11.4. The van der Waals surface area contributed by atoms with E-state index in [1.807, 2.05) is 24.3 Å². The van der Waals surface area contributed by atoms with E-state index in [1.165, 1.54) is 0 Å². The third-order valence-electron chi connectivity index (χ3n) is 3.21. The molecule has 0 spiro atoms. The Bertz CT molecular complexity index is 673. The maximum absolute atomic E-state index is 12.1. The van der Waals surface area contributed by atoms with E-state index in [9.17, 15) is 4.79 Å². The van der Waals surface area contributed by atoms with Crippen molar-refractivity contribution in [1.29, 1.82) is 0 Å². The highest BCUT2D eigenvalue weighted by atomic mass is 35.5. The molecule has 0 aromatic heterocycles. The fourth-order valence-corrected chi connectivity index (χ4v) is 2.38. The lowest BCUT2D eigenvalue weighted by molar-refractivity contribution is -0.121. The largest absolute Gasteiger partial charge is 0.482 e. The zero-order chi connectivity index (χ0) is 14.1. The lowest BCUT2D eigenvalue weighted by Crippen LogP contribution is -2.38. The molecule has 2 aromatic rings. The molecule has 0 unspecified atom stereocenters. The number of amides is 1. The Hall–Kier alpha value is -2.20. The molecule has 4 nitrogen and oxygen atoms in total. The van der Waals surface area contributed by atoms with Gasteiger partial charge in [-0.25, -0.2) is 0 Å². The molecule has 3 rings (SSSR count). The normalized spacial score (nSPS) is 13.8. The van der Waals surface area contributed by atoms with Crippen molar-refractivity contribution < 1.29 is 9.53 Å². The Morgan fingerprint density at radius 3 is 2.85 bits per heavy atom. The number of anilines is 2. The van der Waals surface area contributed by atoms with Gasteiger partial charge in [-0.1, -0.05) is 29.8 Å². The third-order valence-corrected chi connectivity index (χ3v) is 3.58. The third kappa shape index (κ3) is 2.30. The number of halogens is 1. The number of fused-ring (bicyclic) bond motifs is 1. The molecule has 0 fully saturated rings. The van der Waals surface area contributed by atoms with E-state index >= 15 is 0 Å². The number of carbonyl (C=O) groups is 1. The van der Waals surface area contributed by atoms with E-state index in [-0.39, 0.29) is 12.5 Å². The van der Waals surface area contributed by atoms with Crippen LogP contribution in [0.1, 0.15) is 5.56 Å². The molecular weight excluding hydrogens is 276 g/mol. The molecule has 5 heteroatoms. The van der Waals surface area contributed by atoms with Crippen LogP contribution >= 0.6 is 11.6 Å². The maximum Gasteiger partial charge on any atom is 0.265 e. The number of ether oxygens (including phenoxy) is 1. The van der Waals surface area contributed by atoms with E-state index in [0.29, 0.717) is 28.7 Å². The van der Waals surface area contributed by atoms with Gasteiger partial charge in [0.2, 0.25) is 0 Å². The van der Waals surface area contributed by atoms with E-state index in [1.54, 1.807) is 23.1 Å². The molecule has 0 atom stereocenters. The minimum atomic E-state index is -0.108. The summed E-state index contributed by atoms with van der Waals surface area (Å²) in [5, 5.41) is 0.636. The Morgan fingerprint density at radius 2 is 2.05 bits per heavy atom. The number of carbonyl (C=O) groups excluding carboxylic acids is 1. The first-order valence-corrected chi connectivity index (χ1v) is 6.59. The predicted molar refractivity (Wildman–Crippen MR) is 79.0 cm³/mol. The van der Waals surface area contributed by atoms with Crippen molar-refractivity contribution >= 4 is 28.9 Å². The Balaban J connectivity index is 1.99. The van der Waals surface area contributed by atoms with Crippen LogP contribution in [0, 0.1) is 0 Å². The molecule has 20 heavy (non-hydrogen) atoms. The van der Waals surface area contributed by atoms with E-state index in [4.69, 9.17) is 22.1 Å². The van der Waals surface area contributed by atoms with Crippen LogP contribution in [-0.4, -0.2) is 12.5 Å². The van der Waals surface area contributed by atoms with Gasteiger partial charge in [-0.2, -0.15) is 0 Å². The smallest absolute Gasteiger partial charge is 0.265 e. The van der Waals surface area contributed by atoms with Crippen LogP contribution in [0.2, 0.25) is 5.02 Å². The summed E-state index contributed by atoms with van der Waals surface area (Å²) >= 11 is 6.16. The Kier molecular flexibility index (Phi) is 3.24. The highest BCUT2D eigenvalue weighted by molar-refractivity contribution is 6.31. The van der Waals surface area contributed by atoms with Gasteiger partial charge in [-0.15, -0.1) is 0 Å². The first-order chi connectivity index (χ1) is 9.65. The van der Waals surface area contributed by atoms with Crippen LogP contribution in [0.15, 0.2) is 42.5 Å². The number of benzene rings is 2. The van der Waals surface area contributed by atoms with Gasteiger partial charge >= 0.3 is 0 Å². The molecule has 0 radical (unpaired) electrons. The van der Waals surface area contributed by atoms with Crippen molar-refractivity contribution in [2.45, 2.75) is 6.54 Å². The summed E-state index contributed by atoms with van der Waals surface area (Å²) in [6.07, 6.45) is 0. The van der Waals surface area contributed by atoms with E-state index in [2.05, 4.69) is 0 Å². The van der Waals surface area contributed by atoms with Crippen molar-refractivity contribution in [2.24, 2.45) is 0 Å². The van der Waals surface area contributed by atoms with Crippen molar-refractivity contribution in [2.75, 3.05) is 17.2 Å². The molecule has 1 aliphatic rings. The molecule has 0 saturated heterocycles. The highest BCUT2D eigenvalue weighted by Crippen LogP contribution is 2.35. The molecule has 1 aliphatic heterocycles. The summed E-state index contributed by atoms with van der Waals surface area (Å²) in [4.78, 5) is 13.8. The molecule has 1 amide bonds. The van der Waals surface area contributed by atoms with E-state index in [0.717, 1.165) is 5.56 Å². The standard InChI is InChI=1S/C15H13ClN2O2/c16-12-4-2-1-3-10(12)8-18-13-7-11(17)5-6-14(13)20-9-15(18)19/h1-7H,8-9,17H2. The lowest BCUT2D eigenvalue weighted by Gasteiger charge is -2.29. The average Bonchev–Trinajstić information content (AvgIpc) is 2.44. The number of hydrogen-bond donors (Lipinski definition) is 1. The van der Waals surface area contributed by atoms with Crippen LogP contribution in [0.3, 0.4) is 0 Å². The Morgan fingerprint density at radius 1 is 1.25 bits per heavy atom. The van der Waals surface area contributed by atoms with Crippen molar-refractivity contribution in [3.05, 3.63) is 53.1 Å². The van der Waals surface area contributed by atoms with Crippen molar-refractivity contribution in [1.82, 2.24) is 0 Å². The topological polar surface area (TPSA) is 55.6 Å². The summed E-state index contributed by atoms with van der Waals surface area (Å²) in [5.74, 6) is 0.550. The summed E-state index contributed by atoms with van der Waals surface area (Å²) < 4.78 is 5.41. The minimum absolute atomic E-state index is 0.0291. The zero-order valence-electron chi connectivity index (χ0n) is 10.7. The van der Waals surface area contributed by atoms with Gasteiger partial charge in [0.25, 0.3) is 5.91 Å². The monoisotopic (exact) mass is 288 g/mol. The summed E-state index contributed by atoms with van der Waals surface area (Å²) in [6, 6.07) is 12.7. The van der Waals surface area contributed by atoms with Crippen LogP contribution < -0.4 is 15.4 Å². The second-order valence-corrected chi connectivity index (χ2v) is 4.99. The van der Waals surface area contributed by atoms with Gasteiger partial charge in [0.1, 0.15) is 5.75 Å². The summed E-state index contributed by atoms with van der Waals surface area (Å²) in [5.41, 5.74) is 7.95. The fraction of sp³-hybridized carbons (Fsp3) is 0.133. The summed E-state index contributed by atoms with van der Waals surface area (Å²) in [6.45, 7) is 0.430. The van der Waals surface area contributed by atoms with Crippen LogP contribution in [-0.2, 0) is 11.3 Å². The van der Waals surface area contributed by atoms with Gasteiger partial charge in [0.15, 0.2) is 6.61 Å². The van der Waals surface area contributed by atoms with Gasteiger partial charge in [0, 0.05) is 10.7 Å². The number of nitrogens with two attached hydrogens (primary N) is 1. The molecule has 0 aliphatic carbocycles. The maximum atomic E-state index is 12.1. The lowest BCUT2D eigenvalue weighted by atomic mass is 10.1. The van der Waals surface area contributed by atoms with E-state index < -0.39 is 0 Å². The number of rotatable bonds is 2. The Labute approximate surface area is 121 Å². The van der Waals surface area contributed by atoms with Gasteiger partial charge < -0.3 is 15.4 Å². The first-order valence-electron chi connectivity index (χ1n) is 6.21. The molecule has 2 N–H and O–H groups in total. The predicted octanol–water partition coefficient (Wildman–Crippen LogP) is 2.85. The molecule has 102 valence electrons. The van der Waals surface area contributed by atoms with Gasteiger partial charge in [-0.05, 0) is 29.8 Å². The first kappa shape index (κ1) is 12.8. The van der Waals surface area contributed by atoms with Crippen molar-refractivity contribution in [3.8, 4) is 5.75 Å². The fourth-order valence-electron chi connectivity index (χ4n) is 2.19. The average molecular weight is 289 g/mol. The highest BCUT2D eigenvalue weighted by Gasteiger charge is 2.26. The second kappa shape index (κ2) is 5.06. The molecule has 0 saturated carbocycles. The quantitative estimate of drug-likeness (QED) is 0.865. The van der Waals surface area contributed by atoms with Crippen molar-refractivity contribution in [3.63, 3.8) is 0 Å². The van der Waals surface area contributed by atoms with Crippen LogP contribution in [0.25, 0.3) is 0 Å². The molecule has 2 aromatic carbocycles. The number of hydrogen-bond acceptors (Lipinski definition) is 3. The molecule has 1 heterocycles. The SMILES string of the molecule is Nc1ccc2c(c1)N(Cc1ccccc1Cl)C(=O)CO2. The van der Waals surface area contributed by atoms with Gasteiger partial charge in [-0.3, -0.25) is 4.79 Å². The molecular formula is C15H13ClN2O2. The second-order valence-electron chi connectivity index (χ2n) is 4.59. The van der Waals surface area contributed by atoms with Gasteiger partial charge in [0.05, 0.1) is 12.2 Å². The number of nitrogens with zero attached hydrogens (tertiary/aromatic N) is 1. The van der Waals surface area contributed by atoms with Crippen LogP contribution in [0.5, 0.6) is 5.75 Å². The molecule has 0 bridgehead atoms. The summed E-state index contributed by atoms with van der Waals surface area (Å²) in [7, 11) is 0.